The summed E-state index contributed by atoms with van der Waals surface area (Å²) in [5.41, 5.74) is 2.29. The first-order valence-corrected chi connectivity index (χ1v) is 13.6. The van der Waals surface area contributed by atoms with E-state index in [1.54, 1.807) is 50.7 Å². The fraction of sp³-hybridized carbons (Fsp3) is 0.250. The number of hydrogen-bond acceptors (Lipinski definition) is 7. The van der Waals surface area contributed by atoms with Gasteiger partial charge < -0.3 is 14.6 Å². The standard InChI is InChI=1S/C28H28N4O6S/c1-37-24-9-6-10-25(38-2)26(24)20-13-11-19(12-14-20)17-22(28(33)34)31-27(30-18-29)23-15-16-32(23)39(35,36)21-7-4-3-5-8-21/h3-14,22-23H,15-17H2,1-2H3,(H,30,31)(H,33,34)/t22-,23-/m0/s1. The molecule has 1 aliphatic rings. The van der Waals surface area contributed by atoms with Crippen LogP contribution in [-0.2, 0) is 21.2 Å². The molecule has 39 heavy (non-hydrogen) atoms. The third-order valence-electron chi connectivity index (χ3n) is 6.50. The highest BCUT2D eigenvalue weighted by Gasteiger charge is 2.42. The first kappa shape index (κ1) is 27.6. The minimum Gasteiger partial charge on any atom is -0.496 e. The number of nitrogens with one attached hydrogen (secondary N) is 1. The summed E-state index contributed by atoms with van der Waals surface area (Å²) in [6.45, 7) is 0.236. The van der Waals surface area contributed by atoms with Crippen molar-refractivity contribution in [1.82, 2.24) is 9.62 Å². The van der Waals surface area contributed by atoms with Gasteiger partial charge in [0.2, 0.25) is 10.0 Å². The molecule has 0 aliphatic carbocycles. The maximum atomic E-state index is 13.1. The van der Waals surface area contributed by atoms with Gasteiger partial charge in [-0.15, -0.1) is 0 Å². The minimum absolute atomic E-state index is 0.00559. The van der Waals surface area contributed by atoms with Crippen molar-refractivity contribution >= 4 is 21.8 Å². The van der Waals surface area contributed by atoms with Crippen molar-refractivity contribution in [2.45, 2.75) is 29.8 Å². The Morgan fingerprint density at radius 2 is 1.72 bits per heavy atom. The Morgan fingerprint density at radius 1 is 1.08 bits per heavy atom. The molecule has 0 saturated carbocycles. The largest absolute Gasteiger partial charge is 0.496 e. The number of rotatable bonds is 10. The quantitative estimate of drug-likeness (QED) is 0.170. The van der Waals surface area contributed by atoms with Crippen molar-refractivity contribution in [2.24, 2.45) is 4.99 Å². The van der Waals surface area contributed by atoms with Crippen molar-refractivity contribution in [1.29, 1.82) is 5.26 Å². The zero-order valence-corrected chi connectivity index (χ0v) is 22.3. The Morgan fingerprint density at radius 3 is 2.23 bits per heavy atom. The van der Waals surface area contributed by atoms with Gasteiger partial charge >= 0.3 is 5.97 Å². The molecule has 0 bridgehead atoms. The summed E-state index contributed by atoms with van der Waals surface area (Å²) in [4.78, 5) is 16.6. The first-order chi connectivity index (χ1) is 18.8. The highest BCUT2D eigenvalue weighted by Crippen LogP contribution is 2.38. The Kier molecular flexibility index (Phi) is 8.49. The van der Waals surface area contributed by atoms with Crippen molar-refractivity contribution in [3.05, 3.63) is 78.4 Å². The van der Waals surface area contributed by atoms with Gasteiger partial charge in [-0.25, -0.2) is 13.2 Å². The number of carbonyl (C=O) groups is 1. The average Bonchev–Trinajstić information content (AvgIpc) is 2.92. The summed E-state index contributed by atoms with van der Waals surface area (Å²) < 4.78 is 38.4. The molecule has 202 valence electrons. The number of hydrogen-bond donors (Lipinski definition) is 2. The smallest absolute Gasteiger partial charge is 0.328 e. The SMILES string of the molecule is COc1cccc(OC)c1-c1ccc(C[C@H](N=C(NC#N)[C@@H]2CCN2S(=O)(=O)c2ccccc2)C(=O)O)cc1. The molecule has 1 heterocycles. The molecule has 2 N–H and O–H groups in total. The van der Waals surface area contributed by atoms with Gasteiger partial charge in [-0.05, 0) is 41.8 Å². The van der Waals surface area contributed by atoms with E-state index in [1.165, 1.54) is 16.4 Å². The predicted molar refractivity (Wildman–Crippen MR) is 145 cm³/mol. The summed E-state index contributed by atoms with van der Waals surface area (Å²) in [5, 5.41) is 21.6. The summed E-state index contributed by atoms with van der Waals surface area (Å²) in [6, 6.07) is 18.7. The number of methoxy groups -OCH3 is 2. The molecule has 4 rings (SSSR count). The summed E-state index contributed by atoms with van der Waals surface area (Å²) >= 11 is 0. The topological polar surface area (TPSA) is 141 Å². The van der Waals surface area contributed by atoms with Crippen LogP contribution in [0.5, 0.6) is 11.5 Å². The van der Waals surface area contributed by atoms with E-state index in [1.807, 2.05) is 30.3 Å². The Hall–Kier alpha value is -4.40. The highest BCUT2D eigenvalue weighted by atomic mass is 32.2. The van der Waals surface area contributed by atoms with Crippen molar-refractivity contribution in [2.75, 3.05) is 20.8 Å². The molecule has 0 spiro atoms. The number of amidine groups is 1. The predicted octanol–water partition coefficient (Wildman–Crippen LogP) is 3.30. The molecule has 1 aliphatic heterocycles. The van der Waals surface area contributed by atoms with E-state index < -0.39 is 28.1 Å². The lowest BCUT2D eigenvalue weighted by Gasteiger charge is -2.39. The lowest BCUT2D eigenvalue weighted by molar-refractivity contribution is -0.138. The molecular formula is C28H28N4O6S. The molecule has 1 saturated heterocycles. The molecule has 0 aromatic heterocycles. The van der Waals surface area contributed by atoms with Crippen LogP contribution in [0, 0.1) is 11.5 Å². The number of carboxylic acid groups (broad SMARTS) is 1. The third-order valence-corrected chi connectivity index (χ3v) is 8.42. The monoisotopic (exact) mass is 548 g/mol. The van der Waals surface area contributed by atoms with Crippen LogP contribution in [0.3, 0.4) is 0 Å². The van der Waals surface area contributed by atoms with Gasteiger partial charge in [0.1, 0.15) is 17.3 Å². The van der Waals surface area contributed by atoms with E-state index in [2.05, 4.69) is 10.3 Å². The van der Waals surface area contributed by atoms with Crippen molar-refractivity contribution < 1.29 is 27.8 Å². The van der Waals surface area contributed by atoms with Gasteiger partial charge in [0.25, 0.3) is 0 Å². The zero-order valence-electron chi connectivity index (χ0n) is 21.4. The summed E-state index contributed by atoms with van der Waals surface area (Å²) in [5.74, 6) is 0.0845. The van der Waals surface area contributed by atoms with Gasteiger partial charge in [-0.3, -0.25) is 10.3 Å². The number of ether oxygens (including phenoxy) is 2. The van der Waals surface area contributed by atoms with Crippen LogP contribution in [0.2, 0.25) is 0 Å². The number of nitriles is 1. The minimum atomic E-state index is -3.84. The second kappa shape index (κ2) is 12.0. The van der Waals surface area contributed by atoms with E-state index in [0.29, 0.717) is 23.5 Å². The molecule has 2 atom stereocenters. The molecule has 0 radical (unpaired) electrons. The van der Waals surface area contributed by atoms with E-state index in [4.69, 9.17) is 9.47 Å². The van der Waals surface area contributed by atoms with Crippen LogP contribution in [0.1, 0.15) is 12.0 Å². The Balaban J connectivity index is 1.59. The van der Waals surface area contributed by atoms with Crippen LogP contribution in [-0.4, -0.2) is 62.5 Å². The first-order valence-electron chi connectivity index (χ1n) is 12.1. The number of sulfonamides is 1. The number of nitrogens with zero attached hydrogens (tertiary/aromatic N) is 3. The van der Waals surface area contributed by atoms with Crippen molar-refractivity contribution in [3.63, 3.8) is 0 Å². The summed E-state index contributed by atoms with van der Waals surface area (Å²) in [6.07, 6.45) is 2.20. The lowest BCUT2D eigenvalue weighted by atomic mass is 9.99. The number of carboxylic acids is 1. The highest BCUT2D eigenvalue weighted by molar-refractivity contribution is 7.89. The van der Waals surface area contributed by atoms with E-state index in [9.17, 15) is 23.6 Å². The molecule has 0 amide bonds. The second-order valence-electron chi connectivity index (χ2n) is 8.78. The van der Waals surface area contributed by atoms with Crippen LogP contribution in [0.25, 0.3) is 11.1 Å². The van der Waals surface area contributed by atoms with Gasteiger partial charge in [0, 0.05) is 13.0 Å². The fourth-order valence-corrected chi connectivity index (χ4v) is 6.09. The molecule has 0 unspecified atom stereocenters. The maximum Gasteiger partial charge on any atom is 0.328 e. The summed E-state index contributed by atoms with van der Waals surface area (Å²) in [7, 11) is -0.692. The number of benzene rings is 3. The molecule has 1 fully saturated rings. The van der Waals surface area contributed by atoms with Gasteiger partial charge in [-0.1, -0.05) is 48.5 Å². The lowest BCUT2D eigenvalue weighted by Crippen LogP contribution is -2.58. The molecule has 3 aromatic rings. The Labute approximate surface area is 227 Å². The van der Waals surface area contributed by atoms with E-state index in [-0.39, 0.29) is 23.7 Å². The van der Waals surface area contributed by atoms with Gasteiger partial charge in [0.15, 0.2) is 12.2 Å². The van der Waals surface area contributed by atoms with Crippen LogP contribution >= 0.6 is 0 Å². The second-order valence-corrected chi connectivity index (χ2v) is 10.7. The fourth-order valence-electron chi connectivity index (χ4n) is 4.43. The molecule has 3 aromatic carbocycles. The zero-order chi connectivity index (χ0) is 28.0. The molecule has 10 nitrogen and oxygen atoms in total. The normalized spacial score (nSPS) is 16.4. The molecule has 11 heteroatoms. The molecular weight excluding hydrogens is 520 g/mol. The van der Waals surface area contributed by atoms with E-state index in [0.717, 1.165) is 11.1 Å². The van der Waals surface area contributed by atoms with Gasteiger partial charge in [0.05, 0.1) is 30.7 Å². The number of aliphatic carboxylic acids is 1. The van der Waals surface area contributed by atoms with Crippen LogP contribution in [0.15, 0.2) is 82.7 Å². The maximum absolute atomic E-state index is 13.1. The third kappa shape index (κ3) is 5.87. The van der Waals surface area contributed by atoms with Gasteiger partial charge in [-0.2, -0.15) is 9.57 Å². The Bertz CT molecular complexity index is 1480. The van der Waals surface area contributed by atoms with E-state index >= 15 is 0 Å². The van der Waals surface area contributed by atoms with Crippen LogP contribution in [0.4, 0.5) is 0 Å². The number of aliphatic imine (C=N–C) groups is 1. The average molecular weight is 549 g/mol. The van der Waals surface area contributed by atoms with Crippen molar-refractivity contribution in [3.8, 4) is 28.8 Å². The van der Waals surface area contributed by atoms with Crippen LogP contribution < -0.4 is 14.8 Å².